The minimum Gasteiger partial charge on any atom is -0.341 e. The van der Waals surface area contributed by atoms with Gasteiger partial charge in [0.15, 0.2) is 0 Å². The first-order valence-corrected chi connectivity index (χ1v) is 11.7. The lowest BCUT2D eigenvalue weighted by atomic mass is 9.92. The van der Waals surface area contributed by atoms with Gasteiger partial charge in [0, 0.05) is 18.0 Å². The molecule has 4 rings (SSSR count). The van der Waals surface area contributed by atoms with E-state index in [9.17, 15) is 22.8 Å². The van der Waals surface area contributed by atoms with E-state index in [0.29, 0.717) is 41.1 Å². The molecule has 2 aliphatic rings. The highest BCUT2D eigenvalue weighted by molar-refractivity contribution is 8.04. The normalized spacial score (nSPS) is 22.5. The number of fused-ring (bicyclic) bond motifs is 1. The maximum Gasteiger partial charge on any atom is 0.416 e. The third kappa shape index (κ3) is 5.27. The number of rotatable bonds is 3. The van der Waals surface area contributed by atoms with Gasteiger partial charge < -0.3 is 4.90 Å². The molecule has 2 atom stereocenters. The van der Waals surface area contributed by atoms with Crippen molar-refractivity contribution in [3.05, 3.63) is 64.6 Å². The van der Waals surface area contributed by atoms with Gasteiger partial charge in [-0.25, -0.2) is 0 Å². The fourth-order valence-electron chi connectivity index (χ4n) is 4.44. The van der Waals surface area contributed by atoms with Crippen LogP contribution in [0.4, 0.5) is 18.9 Å². The molecule has 2 aliphatic heterocycles. The summed E-state index contributed by atoms with van der Waals surface area (Å²) in [6.07, 6.45) is -1.77. The topological polar surface area (TPSA) is 40.6 Å². The predicted molar refractivity (Wildman–Crippen MR) is 124 cm³/mol. The van der Waals surface area contributed by atoms with E-state index in [-0.39, 0.29) is 18.4 Å². The number of hydrogen-bond donors (Lipinski definition) is 0. The van der Waals surface area contributed by atoms with Gasteiger partial charge in [-0.3, -0.25) is 14.5 Å². The predicted octanol–water partition coefficient (Wildman–Crippen LogP) is 5.69. The molecular formula is C25H25F3N2O2S. The van der Waals surface area contributed by atoms with Gasteiger partial charge in [0.1, 0.15) is 6.54 Å². The van der Waals surface area contributed by atoms with Gasteiger partial charge >= 0.3 is 6.18 Å². The third-order valence-corrected chi connectivity index (χ3v) is 6.96. The van der Waals surface area contributed by atoms with Crippen LogP contribution in [0.1, 0.15) is 31.4 Å². The Labute approximate surface area is 195 Å². The number of likely N-dealkylation sites (tertiary alicyclic amines) is 1. The quantitative estimate of drug-likeness (QED) is 0.537. The number of amides is 2. The van der Waals surface area contributed by atoms with Crippen molar-refractivity contribution in [3.63, 3.8) is 0 Å². The van der Waals surface area contributed by atoms with Gasteiger partial charge in [-0.2, -0.15) is 13.2 Å². The molecule has 1 saturated heterocycles. The fraction of sp³-hybridized carbons (Fsp3) is 0.360. The molecule has 0 aromatic heterocycles. The summed E-state index contributed by atoms with van der Waals surface area (Å²) in [6, 6.07) is 12.0. The van der Waals surface area contributed by atoms with E-state index in [0.717, 1.165) is 23.4 Å². The van der Waals surface area contributed by atoms with Gasteiger partial charge in [-0.15, -0.1) is 0 Å². The first-order valence-electron chi connectivity index (χ1n) is 10.9. The lowest BCUT2D eigenvalue weighted by Crippen LogP contribution is -2.49. The molecule has 8 heteroatoms. The van der Waals surface area contributed by atoms with Crippen molar-refractivity contribution in [3.8, 4) is 0 Å². The van der Waals surface area contributed by atoms with E-state index in [1.807, 2.05) is 29.2 Å². The lowest BCUT2D eigenvalue weighted by Gasteiger charge is -2.37. The first kappa shape index (κ1) is 23.4. The largest absolute Gasteiger partial charge is 0.416 e. The number of halogens is 3. The highest BCUT2D eigenvalue weighted by Gasteiger charge is 2.34. The summed E-state index contributed by atoms with van der Waals surface area (Å²) in [5.74, 6) is 0.392. The summed E-state index contributed by atoms with van der Waals surface area (Å²) in [6.45, 7) is 5.53. The number of carbonyl (C=O) groups is 2. The number of benzene rings is 2. The molecule has 2 amide bonds. The van der Waals surface area contributed by atoms with Crippen LogP contribution in [0.2, 0.25) is 0 Å². The van der Waals surface area contributed by atoms with Crippen LogP contribution in [0.5, 0.6) is 0 Å². The monoisotopic (exact) mass is 474 g/mol. The molecule has 2 aromatic carbocycles. The number of carbonyl (C=O) groups excluding carboxylic acids is 2. The minimum atomic E-state index is -4.42. The summed E-state index contributed by atoms with van der Waals surface area (Å²) < 4.78 is 38.6. The zero-order valence-electron chi connectivity index (χ0n) is 18.4. The van der Waals surface area contributed by atoms with Crippen LogP contribution in [-0.4, -0.2) is 36.3 Å². The zero-order valence-corrected chi connectivity index (χ0v) is 19.2. The third-order valence-electron chi connectivity index (χ3n) is 5.88. The second-order valence-electron chi connectivity index (χ2n) is 8.83. The second-order valence-corrected chi connectivity index (χ2v) is 9.92. The van der Waals surface area contributed by atoms with Crippen molar-refractivity contribution < 1.29 is 22.8 Å². The van der Waals surface area contributed by atoms with Gasteiger partial charge in [0.05, 0.1) is 16.2 Å². The Morgan fingerprint density at radius 3 is 2.33 bits per heavy atom. The Balaban J connectivity index is 1.60. The minimum absolute atomic E-state index is 0.0692. The number of para-hydroxylation sites is 1. The van der Waals surface area contributed by atoms with Crippen molar-refractivity contribution in [2.45, 2.75) is 31.3 Å². The molecule has 2 aromatic rings. The molecule has 0 spiro atoms. The Morgan fingerprint density at radius 1 is 1.06 bits per heavy atom. The Hall–Kier alpha value is -2.74. The van der Waals surface area contributed by atoms with Crippen LogP contribution in [-0.2, 0) is 15.8 Å². The summed E-state index contributed by atoms with van der Waals surface area (Å²) in [5, 5.41) is 0. The molecule has 0 bridgehead atoms. The van der Waals surface area contributed by atoms with Crippen LogP contribution in [0, 0.1) is 11.8 Å². The number of alkyl halides is 3. The van der Waals surface area contributed by atoms with Gasteiger partial charge in [-0.05, 0) is 54.2 Å². The molecule has 174 valence electrons. The molecule has 33 heavy (non-hydrogen) atoms. The van der Waals surface area contributed by atoms with E-state index < -0.39 is 11.7 Å². The lowest BCUT2D eigenvalue weighted by molar-refractivity contribution is -0.137. The molecule has 2 heterocycles. The van der Waals surface area contributed by atoms with Crippen molar-refractivity contribution in [1.82, 2.24) is 4.90 Å². The van der Waals surface area contributed by atoms with Crippen LogP contribution in [0.15, 0.2) is 58.3 Å². The maximum atomic E-state index is 13.4. The maximum absolute atomic E-state index is 13.4. The van der Waals surface area contributed by atoms with Crippen LogP contribution in [0.3, 0.4) is 0 Å². The average molecular weight is 475 g/mol. The van der Waals surface area contributed by atoms with Crippen molar-refractivity contribution in [1.29, 1.82) is 0 Å². The Kier molecular flexibility index (Phi) is 6.56. The Bertz CT molecular complexity index is 1070. The first-order chi connectivity index (χ1) is 15.6. The molecule has 1 fully saturated rings. The van der Waals surface area contributed by atoms with Crippen molar-refractivity contribution in [2.75, 3.05) is 24.5 Å². The van der Waals surface area contributed by atoms with Crippen molar-refractivity contribution >= 4 is 35.3 Å². The Morgan fingerprint density at radius 2 is 1.70 bits per heavy atom. The van der Waals surface area contributed by atoms with Crippen LogP contribution >= 0.6 is 11.8 Å². The van der Waals surface area contributed by atoms with Gasteiger partial charge in [-0.1, -0.05) is 49.9 Å². The molecule has 0 N–H and O–H groups in total. The summed E-state index contributed by atoms with van der Waals surface area (Å²) >= 11 is 1.26. The number of anilines is 1. The van der Waals surface area contributed by atoms with Gasteiger partial charge in [0.2, 0.25) is 5.91 Å². The van der Waals surface area contributed by atoms with Crippen LogP contribution in [0.25, 0.3) is 6.08 Å². The number of nitrogens with zero attached hydrogens (tertiary/aromatic N) is 2. The molecule has 0 radical (unpaired) electrons. The van der Waals surface area contributed by atoms with Crippen LogP contribution < -0.4 is 4.90 Å². The number of hydrogen-bond acceptors (Lipinski definition) is 3. The molecular weight excluding hydrogens is 449 g/mol. The fourth-order valence-corrected chi connectivity index (χ4v) is 5.50. The van der Waals surface area contributed by atoms with E-state index in [1.165, 1.54) is 28.8 Å². The van der Waals surface area contributed by atoms with E-state index in [2.05, 4.69) is 13.8 Å². The van der Waals surface area contributed by atoms with Crippen molar-refractivity contribution in [2.24, 2.45) is 11.8 Å². The molecule has 4 nitrogen and oxygen atoms in total. The highest BCUT2D eigenvalue weighted by Crippen LogP contribution is 2.42. The molecule has 0 unspecified atom stereocenters. The SMILES string of the molecule is C[C@@H]1C[C@@H](C)CN(C(=O)CN2C(=O)/C(=C\c3ccc(C(F)(F)F)cc3)Sc3ccccc32)C1. The van der Waals surface area contributed by atoms with Gasteiger partial charge in [0.25, 0.3) is 5.91 Å². The molecule has 0 saturated carbocycles. The smallest absolute Gasteiger partial charge is 0.341 e. The number of piperidine rings is 1. The number of thioether (sulfide) groups is 1. The van der Waals surface area contributed by atoms with E-state index in [1.54, 1.807) is 6.08 Å². The zero-order chi connectivity index (χ0) is 23.8. The molecule has 0 aliphatic carbocycles. The summed E-state index contributed by atoms with van der Waals surface area (Å²) in [5.41, 5.74) is 0.418. The van der Waals surface area contributed by atoms with E-state index in [4.69, 9.17) is 0 Å². The highest BCUT2D eigenvalue weighted by atomic mass is 32.2. The second kappa shape index (κ2) is 9.25. The summed E-state index contributed by atoms with van der Waals surface area (Å²) in [4.78, 5) is 31.0. The van der Waals surface area contributed by atoms with E-state index >= 15 is 0 Å². The summed E-state index contributed by atoms with van der Waals surface area (Å²) in [7, 11) is 0. The average Bonchev–Trinajstić information content (AvgIpc) is 2.75. The standard InChI is InChI=1S/C25H25F3N2O2S/c1-16-11-17(2)14-29(13-16)23(31)15-30-20-5-3-4-6-21(20)33-22(24(30)32)12-18-7-9-19(10-8-18)25(26,27)28/h3-10,12,16-17H,11,13-15H2,1-2H3/b22-12+/t16-,17-/m1/s1.